The van der Waals surface area contributed by atoms with E-state index in [0.717, 1.165) is 16.5 Å². The molecule has 0 atom stereocenters. The number of benzene rings is 1. The number of rotatable bonds is 1. The number of nitrogen functional groups attached to an aromatic ring is 1. The van der Waals surface area contributed by atoms with Gasteiger partial charge in [-0.1, -0.05) is 6.07 Å². The largest absolute Gasteiger partial charge is 0.384 e. The maximum absolute atomic E-state index is 7.45. The number of nitrogens with two attached hydrogens (primary N) is 1. The molecule has 0 aliphatic rings. The summed E-state index contributed by atoms with van der Waals surface area (Å²) >= 11 is 0. The van der Waals surface area contributed by atoms with Crippen LogP contribution in [0.25, 0.3) is 10.9 Å². The van der Waals surface area contributed by atoms with E-state index in [0.29, 0.717) is 5.56 Å². The molecule has 2 rings (SSSR count). The predicted octanol–water partition coefficient (Wildman–Crippen LogP) is 1.83. The fraction of sp³-hybridized carbons (Fsp3) is 0.0909. The zero-order valence-electron chi connectivity index (χ0n) is 7.91. The first kappa shape index (κ1) is 8.69. The van der Waals surface area contributed by atoms with Gasteiger partial charge in [-0.25, -0.2) is 0 Å². The van der Waals surface area contributed by atoms with E-state index in [-0.39, 0.29) is 5.84 Å². The number of nitrogens with one attached hydrogen (secondary N) is 1. The Morgan fingerprint density at radius 3 is 2.93 bits per heavy atom. The van der Waals surface area contributed by atoms with Crippen LogP contribution in [0.15, 0.2) is 30.5 Å². The van der Waals surface area contributed by atoms with Crippen molar-refractivity contribution in [3.8, 4) is 0 Å². The summed E-state index contributed by atoms with van der Waals surface area (Å²) in [7, 11) is 0. The van der Waals surface area contributed by atoms with Gasteiger partial charge in [-0.05, 0) is 30.7 Å². The maximum atomic E-state index is 7.45. The highest BCUT2D eigenvalue weighted by atomic mass is 14.7. The molecule has 0 fully saturated rings. The lowest BCUT2D eigenvalue weighted by Crippen LogP contribution is -2.12. The van der Waals surface area contributed by atoms with Crippen LogP contribution in [0.1, 0.15) is 11.1 Å². The molecule has 0 aliphatic carbocycles. The van der Waals surface area contributed by atoms with Gasteiger partial charge >= 0.3 is 0 Å². The van der Waals surface area contributed by atoms with Crippen LogP contribution in [-0.2, 0) is 0 Å². The van der Waals surface area contributed by atoms with E-state index >= 15 is 0 Å². The van der Waals surface area contributed by atoms with Crippen molar-refractivity contribution in [2.45, 2.75) is 6.92 Å². The Morgan fingerprint density at radius 2 is 2.21 bits per heavy atom. The highest BCUT2D eigenvalue weighted by Gasteiger charge is 2.05. The highest BCUT2D eigenvalue weighted by Crippen LogP contribution is 2.17. The number of hydrogen-bond donors (Lipinski definition) is 2. The molecule has 14 heavy (non-hydrogen) atoms. The van der Waals surface area contributed by atoms with Gasteiger partial charge in [-0.15, -0.1) is 0 Å². The molecule has 1 aromatic carbocycles. The summed E-state index contributed by atoms with van der Waals surface area (Å²) in [6.07, 6.45) is 1.71. The molecular weight excluding hydrogens is 174 g/mol. The van der Waals surface area contributed by atoms with Gasteiger partial charge in [-0.2, -0.15) is 0 Å². The van der Waals surface area contributed by atoms with E-state index < -0.39 is 0 Å². The van der Waals surface area contributed by atoms with Crippen LogP contribution in [0.5, 0.6) is 0 Å². The minimum atomic E-state index is 0.0670. The van der Waals surface area contributed by atoms with Gasteiger partial charge in [0, 0.05) is 17.1 Å². The molecule has 0 saturated carbocycles. The topological polar surface area (TPSA) is 62.8 Å². The number of nitrogens with zero attached hydrogens (tertiary/aromatic N) is 1. The molecule has 70 valence electrons. The number of pyridine rings is 1. The Morgan fingerprint density at radius 1 is 1.43 bits per heavy atom. The average molecular weight is 185 g/mol. The van der Waals surface area contributed by atoms with Crippen molar-refractivity contribution in [3.63, 3.8) is 0 Å². The number of aromatic nitrogens is 1. The average Bonchev–Trinajstić information content (AvgIpc) is 2.16. The van der Waals surface area contributed by atoms with E-state index in [9.17, 15) is 0 Å². The minimum Gasteiger partial charge on any atom is -0.384 e. The first-order valence-corrected chi connectivity index (χ1v) is 4.38. The number of hydrogen-bond acceptors (Lipinski definition) is 2. The Bertz CT molecular complexity index is 503. The van der Waals surface area contributed by atoms with Gasteiger partial charge in [0.15, 0.2) is 0 Å². The molecule has 0 radical (unpaired) electrons. The molecule has 0 bridgehead atoms. The smallest absolute Gasteiger partial charge is 0.125 e. The number of fused-ring (bicyclic) bond motifs is 1. The Hall–Kier alpha value is -1.90. The molecule has 1 aromatic heterocycles. The maximum Gasteiger partial charge on any atom is 0.125 e. The third-order valence-electron chi connectivity index (χ3n) is 2.14. The normalized spacial score (nSPS) is 10.4. The molecule has 1 heterocycles. The standard InChI is InChI=1S/C11H11N3/c1-7-5-8-3-2-4-14-10(8)9(6-7)11(12)13/h2-6H,1H3,(H3,12,13). The van der Waals surface area contributed by atoms with Crippen molar-refractivity contribution in [2.24, 2.45) is 5.73 Å². The predicted molar refractivity (Wildman–Crippen MR) is 57.5 cm³/mol. The van der Waals surface area contributed by atoms with Crippen molar-refractivity contribution in [2.75, 3.05) is 0 Å². The first-order chi connectivity index (χ1) is 6.68. The van der Waals surface area contributed by atoms with Crippen LogP contribution in [-0.4, -0.2) is 10.8 Å². The molecule has 0 amide bonds. The minimum absolute atomic E-state index is 0.0670. The SMILES string of the molecule is Cc1cc(C(=N)N)c2ncccc2c1. The summed E-state index contributed by atoms with van der Waals surface area (Å²) in [5.74, 6) is 0.0670. The van der Waals surface area contributed by atoms with Crippen LogP contribution < -0.4 is 5.73 Å². The van der Waals surface area contributed by atoms with Crippen LogP contribution in [0.3, 0.4) is 0 Å². The summed E-state index contributed by atoms with van der Waals surface area (Å²) in [5, 5.41) is 8.48. The molecule has 0 saturated heterocycles. The molecule has 3 N–H and O–H groups in total. The fourth-order valence-corrected chi connectivity index (χ4v) is 1.55. The van der Waals surface area contributed by atoms with E-state index in [2.05, 4.69) is 4.98 Å². The third-order valence-corrected chi connectivity index (χ3v) is 2.14. The van der Waals surface area contributed by atoms with Crippen LogP contribution in [0.2, 0.25) is 0 Å². The monoisotopic (exact) mass is 185 g/mol. The second-order valence-electron chi connectivity index (χ2n) is 3.30. The first-order valence-electron chi connectivity index (χ1n) is 4.38. The molecular formula is C11H11N3. The fourth-order valence-electron chi connectivity index (χ4n) is 1.55. The van der Waals surface area contributed by atoms with E-state index in [1.165, 1.54) is 0 Å². The van der Waals surface area contributed by atoms with Crippen molar-refractivity contribution >= 4 is 16.7 Å². The second-order valence-corrected chi connectivity index (χ2v) is 3.30. The van der Waals surface area contributed by atoms with Gasteiger partial charge in [0.25, 0.3) is 0 Å². The van der Waals surface area contributed by atoms with Gasteiger partial charge in [0.05, 0.1) is 5.52 Å². The van der Waals surface area contributed by atoms with Crippen LogP contribution in [0.4, 0.5) is 0 Å². The van der Waals surface area contributed by atoms with Crippen molar-refractivity contribution in [1.82, 2.24) is 4.98 Å². The third kappa shape index (κ3) is 1.33. The summed E-state index contributed by atoms with van der Waals surface area (Å²) in [4.78, 5) is 4.22. The lowest BCUT2D eigenvalue weighted by molar-refractivity contribution is 1.36. The van der Waals surface area contributed by atoms with Crippen LogP contribution in [0, 0.1) is 12.3 Å². The lowest BCUT2D eigenvalue weighted by atomic mass is 10.1. The van der Waals surface area contributed by atoms with E-state index in [1.807, 2.05) is 31.2 Å². The Balaban J connectivity index is 2.87. The van der Waals surface area contributed by atoms with Crippen molar-refractivity contribution in [1.29, 1.82) is 5.41 Å². The summed E-state index contributed by atoms with van der Waals surface area (Å²) in [6.45, 7) is 1.98. The summed E-state index contributed by atoms with van der Waals surface area (Å²) in [6, 6.07) is 7.78. The molecule has 3 heteroatoms. The lowest BCUT2D eigenvalue weighted by Gasteiger charge is -2.05. The van der Waals surface area contributed by atoms with Crippen LogP contribution >= 0.6 is 0 Å². The summed E-state index contributed by atoms with van der Waals surface area (Å²) < 4.78 is 0. The summed E-state index contributed by atoms with van der Waals surface area (Å²) in [5.41, 5.74) is 8.09. The Labute approximate surface area is 82.1 Å². The molecule has 0 aliphatic heterocycles. The van der Waals surface area contributed by atoms with Crippen molar-refractivity contribution in [3.05, 3.63) is 41.6 Å². The highest BCUT2D eigenvalue weighted by molar-refractivity contribution is 6.06. The zero-order chi connectivity index (χ0) is 10.1. The van der Waals surface area contributed by atoms with Gasteiger partial charge in [0.2, 0.25) is 0 Å². The second kappa shape index (κ2) is 3.10. The molecule has 2 aromatic rings. The number of aryl methyl sites for hydroxylation is 1. The molecule has 0 spiro atoms. The Kier molecular flexibility index (Phi) is 1.93. The van der Waals surface area contributed by atoms with Gasteiger partial charge < -0.3 is 5.73 Å². The quantitative estimate of drug-likeness (QED) is 0.526. The van der Waals surface area contributed by atoms with Gasteiger partial charge in [0.1, 0.15) is 5.84 Å². The van der Waals surface area contributed by atoms with E-state index in [1.54, 1.807) is 6.20 Å². The van der Waals surface area contributed by atoms with E-state index in [4.69, 9.17) is 11.1 Å². The zero-order valence-corrected chi connectivity index (χ0v) is 7.91. The molecule has 0 unspecified atom stereocenters. The van der Waals surface area contributed by atoms with Crippen molar-refractivity contribution < 1.29 is 0 Å². The van der Waals surface area contributed by atoms with Gasteiger partial charge in [-0.3, -0.25) is 10.4 Å². The molecule has 3 nitrogen and oxygen atoms in total. The number of amidine groups is 1.